The second kappa shape index (κ2) is 5.10. The molecule has 1 saturated carbocycles. The third kappa shape index (κ3) is 3.10. The van der Waals surface area contributed by atoms with E-state index >= 15 is 0 Å². The van der Waals surface area contributed by atoms with Crippen molar-refractivity contribution in [3.8, 4) is 0 Å². The molecule has 0 spiro atoms. The van der Waals surface area contributed by atoms with Crippen molar-refractivity contribution in [2.75, 3.05) is 0 Å². The topological polar surface area (TPSA) is 0 Å². The Labute approximate surface area is 64.4 Å². The molecule has 9 heavy (non-hydrogen) atoms. The predicted octanol–water partition coefficient (Wildman–Crippen LogP) is 3.40. The van der Waals surface area contributed by atoms with Crippen molar-refractivity contribution in [3.63, 3.8) is 0 Å². The van der Waals surface area contributed by atoms with Crippen molar-refractivity contribution in [2.24, 2.45) is 5.92 Å². The molecule has 0 nitrogen and oxygen atoms in total. The van der Waals surface area contributed by atoms with Crippen LogP contribution in [0.2, 0.25) is 0 Å². The van der Waals surface area contributed by atoms with E-state index in [0.717, 1.165) is 5.92 Å². The van der Waals surface area contributed by atoms with Crippen LogP contribution in [0.5, 0.6) is 0 Å². The van der Waals surface area contributed by atoms with E-state index in [4.69, 9.17) is 0 Å². The van der Waals surface area contributed by atoms with Crippen molar-refractivity contribution < 1.29 is 0 Å². The Morgan fingerprint density at radius 3 is 2.22 bits per heavy atom. The molecule has 1 aliphatic carbocycles. The average Bonchev–Trinajstić information content (AvgIpc) is 2.19. The summed E-state index contributed by atoms with van der Waals surface area (Å²) in [5.74, 6) is 1.11. The van der Waals surface area contributed by atoms with Crippen LogP contribution >= 0.6 is 12.4 Å². The predicted molar refractivity (Wildman–Crippen MR) is 44.1 cm³/mol. The van der Waals surface area contributed by atoms with Crippen molar-refractivity contribution in [2.45, 2.75) is 45.4 Å². The fraction of sp³-hybridized carbons (Fsp3) is 1.00. The number of rotatable bonds is 2. The van der Waals surface area contributed by atoms with Crippen LogP contribution in [0.4, 0.5) is 0 Å². The standard InChI is InChI=1S/C8H16.ClH/c1-2-5-8-6-3-4-7-8;/h8H,2-7H2,1H3;1H. The van der Waals surface area contributed by atoms with Crippen LogP contribution in [0.1, 0.15) is 45.4 Å². The third-order valence-electron chi connectivity index (χ3n) is 2.17. The van der Waals surface area contributed by atoms with Gasteiger partial charge in [-0.15, -0.1) is 12.4 Å². The molecule has 0 aromatic rings. The normalized spacial score (nSPS) is 19.7. The lowest BCUT2D eigenvalue weighted by atomic mass is 10.0. The highest BCUT2D eigenvalue weighted by molar-refractivity contribution is 5.85. The minimum atomic E-state index is 0. The summed E-state index contributed by atoms with van der Waals surface area (Å²) in [6, 6.07) is 0. The molecule has 1 aliphatic rings. The first kappa shape index (κ1) is 9.29. The monoisotopic (exact) mass is 148 g/mol. The zero-order valence-electron chi connectivity index (χ0n) is 6.23. The number of hydrogen-bond donors (Lipinski definition) is 0. The van der Waals surface area contributed by atoms with Crippen LogP contribution in [0, 0.1) is 5.92 Å². The van der Waals surface area contributed by atoms with Gasteiger partial charge in [-0.1, -0.05) is 45.4 Å². The maximum atomic E-state index is 2.29. The molecule has 1 rings (SSSR count). The largest absolute Gasteiger partial charge is 0.147 e. The van der Waals surface area contributed by atoms with Crippen LogP contribution in [0.25, 0.3) is 0 Å². The Kier molecular flexibility index (Phi) is 5.27. The summed E-state index contributed by atoms with van der Waals surface area (Å²) >= 11 is 0. The fourth-order valence-electron chi connectivity index (χ4n) is 1.71. The van der Waals surface area contributed by atoms with E-state index in [9.17, 15) is 0 Å². The number of hydrogen-bond acceptors (Lipinski definition) is 0. The maximum absolute atomic E-state index is 2.29. The minimum Gasteiger partial charge on any atom is -0.147 e. The molecule has 56 valence electrons. The SMILES string of the molecule is CCCC1CCCC1.Cl. The van der Waals surface area contributed by atoms with Gasteiger partial charge in [0.05, 0.1) is 0 Å². The van der Waals surface area contributed by atoms with E-state index in [2.05, 4.69) is 6.92 Å². The van der Waals surface area contributed by atoms with Gasteiger partial charge in [-0.05, 0) is 5.92 Å². The fourth-order valence-corrected chi connectivity index (χ4v) is 1.71. The van der Waals surface area contributed by atoms with Crippen LogP contribution in [0.15, 0.2) is 0 Å². The molecule has 0 bridgehead atoms. The van der Waals surface area contributed by atoms with Crippen LogP contribution in [0.3, 0.4) is 0 Å². The zero-order valence-corrected chi connectivity index (χ0v) is 7.04. The van der Waals surface area contributed by atoms with Gasteiger partial charge in [0.2, 0.25) is 0 Å². The Morgan fingerprint density at radius 2 is 1.78 bits per heavy atom. The van der Waals surface area contributed by atoms with Crippen molar-refractivity contribution in [1.29, 1.82) is 0 Å². The molecule has 0 radical (unpaired) electrons. The molecule has 0 aromatic carbocycles. The first-order valence-corrected chi connectivity index (χ1v) is 3.93. The summed E-state index contributed by atoms with van der Waals surface area (Å²) in [6.07, 6.45) is 8.93. The van der Waals surface area contributed by atoms with E-state index in [0.29, 0.717) is 0 Å². The van der Waals surface area contributed by atoms with Crippen molar-refractivity contribution >= 4 is 12.4 Å². The Bertz CT molecular complexity index is 55.6. The van der Waals surface area contributed by atoms with E-state index in [1.54, 1.807) is 0 Å². The summed E-state index contributed by atoms with van der Waals surface area (Å²) in [6.45, 7) is 2.29. The molecule has 0 aliphatic heterocycles. The second-order valence-electron chi connectivity index (χ2n) is 2.94. The van der Waals surface area contributed by atoms with Crippen LogP contribution in [-0.4, -0.2) is 0 Å². The molecule has 0 aromatic heterocycles. The van der Waals surface area contributed by atoms with Crippen molar-refractivity contribution in [1.82, 2.24) is 0 Å². The lowest BCUT2D eigenvalue weighted by molar-refractivity contribution is 0.496. The number of halogens is 1. The Morgan fingerprint density at radius 1 is 1.22 bits per heavy atom. The minimum absolute atomic E-state index is 0. The first-order chi connectivity index (χ1) is 3.93. The summed E-state index contributed by atoms with van der Waals surface area (Å²) in [7, 11) is 0. The molecule has 1 heteroatoms. The van der Waals surface area contributed by atoms with Crippen molar-refractivity contribution in [3.05, 3.63) is 0 Å². The van der Waals surface area contributed by atoms with Gasteiger partial charge in [0.1, 0.15) is 0 Å². The van der Waals surface area contributed by atoms with E-state index < -0.39 is 0 Å². The summed E-state index contributed by atoms with van der Waals surface area (Å²) < 4.78 is 0. The van der Waals surface area contributed by atoms with Gasteiger partial charge in [0, 0.05) is 0 Å². The molecule has 0 N–H and O–H groups in total. The lowest BCUT2D eigenvalue weighted by Gasteiger charge is -2.03. The Balaban J connectivity index is 0.000000640. The quantitative estimate of drug-likeness (QED) is 0.563. The van der Waals surface area contributed by atoms with E-state index in [-0.39, 0.29) is 12.4 Å². The average molecular weight is 149 g/mol. The summed E-state index contributed by atoms with van der Waals surface area (Å²) in [5, 5.41) is 0. The summed E-state index contributed by atoms with van der Waals surface area (Å²) in [4.78, 5) is 0. The Hall–Kier alpha value is 0.290. The van der Waals surface area contributed by atoms with Crippen LogP contribution in [-0.2, 0) is 0 Å². The van der Waals surface area contributed by atoms with Gasteiger partial charge in [0.25, 0.3) is 0 Å². The summed E-state index contributed by atoms with van der Waals surface area (Å²) in [5.41, 5.74) is 0. The van der Waals surface area contributed by atoms with Gasteiger partial charge < -0.3 is 0 Å². The third-order valence-corrected chi connectivity index (χ3v) is 2.17. The van der Waals surface area contributed by atoms with Gasteiger partial charge in [-0.25, -0.2) is 0 Å². The zero-order chi connectivity index (χ0) is 5.82. The molecular formula is C8H17Cl. The van der Waals surface area contributed by atoms with E-state index in [1.807, 2.05) is 0 Å². The molecule has 0 saturated heterocycles. The first-order valence-electron chi connectivity index (χ1n) is 3.93. The maximum Gasteiger partial charge on any atom is -0.0414 e. The lowest BCUT2D eigenvalue weighted by Crippen LogP contribution is -1.89. The van der Waals surface area contributed by atoms with Gasteiger partial charge in [-0.2, -0.15) is 0 Å². The highest BCUT2D eigenvalue weighted by atomic mass is 35.5. The van der Waals surface area contributed by atoms with Crippen LogP contribution < -0.4 is 0 Å². The molecule has 1 fully saturated rings. The molecular weight excluding hydrogens is 132 g/mol. The highest BCUT2D eigenvalue weighted by Gasteiger charge is 2.12. The smallest absolute Gasteiger partial charge is 0.0414 e. The van der Waals surface area contributed by atoms with Gasteiger partial charge >= 0.3 is 0 Å². The molecule has 0 unspecified atom stereocenters. The van der Waals surface area contributed by atoms with E-state index in [1.165, 1.54) is 38.5 Å². The molecule has 0 heterocycles. The van der Waals surface area contributed by atoms with Gasteiger partial charge in [-0.3, -0.25) is 0 Å². The molecule has 0 amide bonds. The van der Waals surface area contributed by atoms with Gasteiger partial charge in [0.15, 0.2) is 0 Å². The molecule has 0 atom stereocenters. The second-order valence-corrected chi connectivity index (χ2v) is 2.94. The highest BCUT2D eigenvalue weighted by Crippen LogP contribution is 2.27.